The third-order valence-electron chi connectivity index (χ3n) is 7.00. The number of halogens is 1. The fraction of sp³-hybridized carbons (Fsp3) is 0.0968. The van der Waals surface area contributed by atoms with Crippen LogP contribution in [0.15, 0.2) is 107 Å². The summed E-state index contributed by atoms with van der Waals surface area (Å²) in [6, 6.07) is 28.2. The first-order valence-corrected chi connectivity index (χ1v) is 12.7. The molecule has 1 atom stereocenters. The van der Waals surface area contributed by atoms with Gasteiger partial charge in [0.25, 0.3) is 0 Å². The number of nitrogens with zero attached hydrogens (tertiary/aromatic N) is 6. The van der Waals surface area contributed by atoms with Gasteiger partial charge in [-0.05, 0) is 67.9 Å². The maximum Gasteiger partial charge on any atom is 0.179 e. The zero-order valence-electron chi connectivity index (χ0n) is 21.4. The fourth-order valence-corrected chi connectivity index (χ4v) is 5.17. The van der Waals surface area contributed by atoms with Crippen LogP contribution >= 0.6 is 0 Å². The second-order valence-corrected chi connectivity index (χ2v) is 9.62. The predicted octanol–water partition coefficient (Wildman–Crippen LogP) is 6.82. The number of aryl methyl sites for hydroxylation is 2. The molecule has 2 aliphatic heterocycles. The molecule has 0 radical (unpaired) electrons. The number of hydrogen-bond acceptors (Lipinski definition) is 6. The van der Waals surface area contributed by atoms with Crippen LogP contribution in [0.1, 0.15) is 28.4 Å². The van der Waals surface area contributed by atoms with E-state index >= 15 is 0 Å². The van der Waals surface area contributed by atoms with Gasteiger partial charge < -0.3 is 10.2 Å². The Morgan fingerprint density at radius 2 is 1.59 bits per heavy atom. The number of para-hydroxylation sites is 2. The molecule has 0 saturated carbocycles. The van der Waals surface area contributed by atoms with Gasteiger partial charge in [-0.1, -0.05) is 48.0 Å². The monoisotopic (exact) mass is 513 g/mol. The lowest BCUT2D eigenvalue weighted by Crippen LogP contribution is -2.46. The van der Waals surface area contributed by atoms with Crippen molar-refractivity contribution in [3.05, 3.63) is 125 Å². The van der Waals surface area contributed by atoms with E-state index in [2.05, 4.69) is 34.3 Å². The molecule has 190 valence electrons. The van der Waals surface area contributed by atoms with Crippen molar-refractivity contribution in [2.45, 2.75) is 19.9 Å². The van der Waals surface area contributed by atoms with Crippen LogP contribution in [-0.4, -0.2) is 26.4 Å². The van der Waals surface area contributed by atoms with Gasteiger partial charge in [0.1, 0.15) is 5.82 Å². The Balaban J connectivity index is 1.49. The van der Waals surface area contributed by atoms with Crippen LogP contribution in [0, 0.1) is 19.7 Å². The lowest BCUT2D eigenvalue weighted by Gasteiger charge is -2.40. The highest BCUT2D eigenvalue weighted by molar-refractivity contribution is 6.51. The summed E-state index contributed by atoms with van der Waals surface area (Å²) < 4.78 is 15.8. The third-order valence-corrected chi connectivity index (χ3v) is 7.00. The van der Waals surface area contributed by atoms with E-state index in [1.165, 1.54) is 17.7 Å². The molecule has 0 aliphatic carbocycles. The summed E-state index contributed by atoms with van der Waals surface area (Å²) in [4.78, 5) is 16.9. The number of fused-ring (bicyclic) bond motifs is 4. The van der Waals surface area contributed by atoms with Gasteiger partial charge in [0, 0.05) is 17.4 Å². The molecular weight excluding hydrogens is 489 g/mol. The fourth-order valence-electron chi connectivity index (χ4n) is 5.17. The van der Waals surface area contributed by atoms with Crippen molar-refractivity contribution in [3.63, 3.8) is 0 Å². The van der Waals surface area contributed by atoms with Crippen molar-refractivity contribution in [3.8, 4) is 5.82 Å². The number of hydrogen-bond donors (Lipinski definition) is 1. The molecule has 0 spiro atoms. The topological polar surface area (TPSA) is 70.7 Å². The van der Waals surface area contributed by atoms with Crippen molar-refractivity contribution in [1.29, 1.82) is 0 Å². The highest BCUT2D eigenvalue weighted by Gasteiger charge is 2.41. The Morgan fingerprint density at radius 1 is 0.821 bits per heavy atom. The van der Waals surface area contributed by atoms with Crippen LogP contribution in [0.25, 0.3) is 5.82 Å². The zero-order chi connectivity index (χ0) is 26.5. The Hall–Kier alpha value is -5.11. The van der Waals surface area contributed by atoms with Crippen molar-refractivity contribution in [2.75, 3.05) is 10.2 Å². The van der Waals surface area contributed by atoms with Gasteiger partial charge in [0.15, 0.2) is 23.3 Å². The Bertz CT molecular complexity index is 1750. The van der Waals surface area contributed by atoms with E-state index in [-0.39, 0.29) is 11.9 Å². The van der Waals surface area contributed by atoms with Gasteiger partial charge in [0.05, 0.1) is 23.1 Å². The number of amidine groups is 2. The van der Waals surface area contributed by atoms with E-state index in [9.17, 15) is 4.39 Å². The first kappa shape index (κ1) is 23.0. The molecule has 0 fully saturated rings. The largest absolute Gasteiger partial charge is 0.337 e. The first-order valence-electron chi connectivity index (χ1n) is 12.7. The number of rotatable bonds is 3. The first-order chi connectivity index (χ1) is 19.1. The van der Waals surface area contributed by atoms with Crippen LogP contribution in [0.2, 0.25) is 0 Å². The summed E-state index contributed by atoms with van der Waals surface area (Å²) in [5.74, 6) is 2.31. The average molecular weight is 514 g/mol. The number of aliphatic imine (C=N–C) groups is 2. The highest BCUT2D eigenvalue weighted by Crippen LogP contribution is 2.48. The Kier molecular flexibility index (Phi) is 5.33. The molecule has 2 aromatic heterocycles. The smallest absolute Gasteiger partial charge is 0.179 e. The normalized spacial score (nSPS) is 15.6. The standard InChI is InChI=1S/C31H24FN7/c1-19-10-16-23(17-11-19)34-29-31-36-30-27(20(2)37-39(30)26-9-5-6-18-33-26)28(21-12-14-22(32)15-13-21)38(31)25-8-4-3-7-24(25)35-29/h3-18,28H,1-2H3,(H,34,35). The van der Waals surface area contributed by atoms with Gasteiger partial charge in [-0.25, -0.2) is 19.4 Å². The summed E-state index contributed by atoms with van der Waals surface area (Å²) >= 11 is 0. The molecule has 1 unspecified atom stereocenters. The van der Waals surface area contributed by atoms with Crippen LogP contribution < -0.4 is 10.2 Å². The molecule has 2 aliphatic rings. The average Bonchev–Trinajstić information content (AvgIpc) is 3.30. The molecular formula is C31H24FN7. The van der Waals surface area contributed by atoms with Crippen LogP contribution in [-0.2, 0) is 0 Å². The van der Waals surface area contributed by atoms with Gasteiger partial charge in [0.2, 0.25) is 0 Å². The molecule has 4 heterocycles. The van der Waals surface area contributed by atoms with Crippen molar-refractivity contribution in [1.82, 2.24) is 14.8 Å². The molecule has 1 N–H and O–H groups in total. The molecule has 0 saturated heterocycles. The van der Waals surface area contributed by atoms with Crippen LogP contribution in [0.4, 0.5) is 27.3 Å². The summed E-state index contributed by atoms with van der Waals surface area (Å²) in [6.07, 6.45) is 1.74. The second-order valence-electron chi connectivity index (χ2n) is 9.62. The maximum atomic E-state index is 14.1. The number of benzene rings is 3. The lowest BCUT2D eigenvalue weighted by atomic mass is 9.93. The summed E-state index contributed by atoms with van der Waals surface area (Å²) in [6.45, 7) is 4.03. The molecule has 7 rings (SSSR count). The SMILES string of the molecule is Cc1ccc(NC2=Nc3ccccc3N3C2=Nc2c(c(C)nn2-c2ccccn2)C3c2ccc(F)cc2)cc1. The summed E-state index contributed by atoms with van der Waals surface area (Å²) in [7, 11) is 0. The summed E-state index contributed by atoms with van der Waals surface area (Å²) in [5, 5.41) is 8.37. The minimum atomic E-state index is -0.322. The van der Waals surface area contributed by atoms with Gasteiger partial charge in [-0.3, -0.25) is 0 Å². The molecule has 0 amide bonds. The number of aromatic nitrogens is 3. The van der Waals surface area contributed by atoms with Crippen molar-refractivity contribution >= 4 is 34.6 Å². The second kappa shape index (κ2) is 9.02. The highest BCUT2D eigenvalue weighted by atomic mass is 19.1. The Morgan fingerprint density at radius 3 is 2.36 bits per heavy atom. The van der Waals surface area contributed by atoms with Gasteiger partial charge in [-0.15, -0.1) is 0 Å². The van der Waals surface area contributed by atoms with E-state index < -0.39 is 0 Å². The van der Waals surface area contributed by atoms with E-state index in [0.717, 1.165) is 33.9 Å². The van der Waals surface area contributed by atoms with Gasteiger partial charge in [-0.2, -0.15) is 9.78 Å². The minimum absolute atomic E-state index is 0.285. The minimum Gasteiger partial charge on any atom is -0.337 e. The van der Waals surface area contributed by atoms with E-state index in [1.807, 2.05) is 73.7 Å². The molecule has 39 heavy (non-hydrogen) atoms. The van der Waals surface area contributed by atoms with Gasteiger partial charge >= 0.3 is 0 Å². The zero-order valence-corrected chi connectivity index (χ0v) is 21.4. The number of pyridine rings is 1. The molecule has 3 aromatic carbocycles. The van der Waals surface area contributed by atoms with Crippen molar-refractivity contribution < 1.29 is 4.39 Å². The molecule has 0 bridgehead atoms. The molecule has 5 aromatic rings. The van der Waals surface area contributed by atoms with E-state index in [1.54, 1.807) is 10.9 Å². The quantitative estimate of drug-likeness (QED) is 0.287. The molecule has 8 heteroatoms. The maximum absolute atomic E-state index is 14.1. The van der Waals surface area contributed by atoms with Crippen LogP contribution in [0.3, 0.4) is 0 Å². The lowest BCUT2D eigenvalue weighted by molar-refractivity contribution is 0.626. The van der Waals surface area contributed by atoms with Crippen molar-refractivity contribution in [2.24, 2.45) is 9.98 Å². The van der Waals surface area contributed by atoms with E-state index in [0.29, 0.717) is 23.3 Å². The number of nitrogens with one attached hydrogen (secondary N) is 1. The van der Waals surface area contributed by atoms with E-state index in [4.69, 9.17) is 15.1 Å². The predicted molar refractivity (Wildman–Crippen MR) is 152 cm³/mol. The third kappa shape index (κ3) is 3.88. The molecule has 7 nitrogen and oxygen atoms in total. The Labute approximate surface area is 225 Å². The summed E-state index contributed by atoms with van der Waals surface area (Å²) in [5.41, 5.74) is 6.47. The van der Waals surface area contributed by atoms with Crippen LogP contribution in [0.5, 0.6) is 0 Å². The number of anilines is 2.